The summed E-state index contributed by atoms with van der Waals surface area (Å²) in [6.45, 7) is 1.30. The Labute approximate surface area is 166 Å². The van der Waals surface area contributed by atoms with Crippen molar-refractivity contribution in [1.82, 2.24) is 15.3 Å². The van der Waals surface area contributed by atoms with Crippen molar-refractivity contribution in [2.24, 2.45) is 0 Å². The SMILES string of the molecule is O=C(NC1CCCN2CCC[C@H](C(=O)O)N2C1=O)[C@H](Br)Cc1ccccc1. The summed E-state index contributed by atoms with van der Waals surface area (Å²) in [6, 6.07) is 8.09. The van der Waals surface area contributed by atoms with Gasteiger partial charge in [-0.05, 0) is 37.7 Å². The molecule has 3 atom stereocenters. The number of hydrogen-bond donors (Lipinski definition) is 2. The van der Waals surface area contributed by atoms with Gasteiger partial charge in [-0.2, -0.15) is 0 Å². The molecule has 0 radical (unpaired) electrons. The van der Waals surface area contributed by atoms with Crippen LogP contribution < -0.4 is 5.32 Å². The zero-order valence-electron chi connectivity index (χ0n) is 15.0. The summed E-state index contributed by atoms with van der Waals surface area (Å²) in [5, 5.41) is 15.5. The number of carboxylic acid groups (broad SMARTS) is 1. The van der Waals surface area contributed by atoms with E-state index in [4.69, 9.17) is 0 Å². The smallest absolute Gasteiger partial charge is 0.328 e. The number of nitrogens with zero attached hydrogens (tertiary/aromatic N) is 2. The normalized spacial score (nSPS) is 24.6. The van der Waals surface area contributed by atoms with Gasteiger partial charge >= 0.3 is 5.97 Å². The van der Waals surface area contributed by atoms with E-state index in [1.165, 1.54) is 5.01 Å². The first-order valence-electron chi connectivity index (χ1n) is 9.26. The zero-order chi connectivity index (χ0) is 19.4. The molecule has 8 heteroatoms. The van der Waals surface area contributed by atoms with Crippen molar-refractivity contribution in [3.8, 4) is 0 Å². The van der Waals surface area contributed by atoms with Crippen LogP contribution in [0, 0.1) is 0 Å². The van der Waals surface area contributed by atoms with E-state index in [0.29, 0.717) is 32.4 Å². The average Bonchev–Trinajstić information content (AvgIpc) is 2.81. The molecule has 1 unspecified atom stereocenters. The molecule has 27 heavy (non-hydrogen) atoms. The lowest BCUT2D eigenvalue weighted by molar-refractivity contribution is -0.174. The van der Waals surface area contributed by atoms with Gasteiger partial charge in [-0.1, -0.05) is 46.3 Å². The number of fused-ring (bicyclic) bond motifs is 1. The number of carbonyl (C=O) groups is 3. The Morgan fingerprint density at radius 1 is 1.19 bits per heavy atom. The van der Waals surface area contributed by atoms with E-state index < -0.39 is 22.9 Å². The Morgan fingerprint density at radius 3 is 2.52 bits per heavy atom. The number of aliphatic carboxylic acids is 1. The number of alkyl halides is 1. The Hall–Kier alpha value is -1.93. The minimum atomic E-state index is -0.998. The number of amides is 2. The van der Waals surface area contributed by atoms with Crippen molar-refractivity contribution in [2.45, 2.75) is 49.0 Å². The minimum Gasteiger partial charge on any atom is -0.480 e. The Balaban J connectivity index is 1.67. The summed E-state index contributed by atoms with van der Waals surface area (Å²) in [5.41, 5.74) is 1.02. The highest BCUT2D eigenvalue weighted by Gasteiger charge is 2.42. The van der Waals surface area contributed by atoms with E-state index in [0.717, 1.165) is 18.4 Å². The van der Waals surface area contributed by atoms with Crippen molar-refractivity contribution >= 4 is 33.7 Å². The monoisotopic (exact) mass is 437 g/mol. The molecule has 146 valence electrons. The van der Waals surface area contributed by atoms with Crippen LogP contribution in [0.2, 0.25) is 0 Å². The van der Waals surface area contributed by atoms with E-state index in [1.807, 2.05) is 35.3 Å². The summed E-state index contributed by atoms with van der Waals surface area (Å²) in [6.07, 6.45) is 2.94. The minimum absolute atomic E-state index is 0.255. The van der Waals surface area contributed by atoms with Gasteiger partial charge in [0.1, 0.15) is 12.1 Å². The molecule has 2 amide bonds. The predicted molar refractivity (Wildman–Crippen MR) is 103 cm³/mol. The zero-order valence-corrected chi connectivity index (χ0v) is 16.6. The Kier molecular flexibility index (Phi) is 6.49. The van der Waals surface area contributed by atoms with Gasteiger partial charge in [-0.3, -0.25) is 14.6 Å². The summed E-state index contributed by atoms with van der Waals surface area (Å²) < 4.78 is 0. The number of nitrogens with one attached hydrogen (secondary N) is 1. The molecule has 2 aliphatic rings. The average molecular weight is 438 g/mol. The quantitative estimate of drug-likeness (QED) is 0.682. The van der Waals surface area contributed by atoms with E-state index in [-0.39, 0.29) is 11.8 Å². The molecule has 2 N–H and O–H groups in total. The third-order valence-corrected chi connectivity index (χ3v) is 5.81. The number of carboxylic acids is 1. The second-order valence-electron chi connectivity index (χ2n) is 6.99. The highest BCUT2D eigenvalue weighted by atomic mass is 79.9. The van der Waals surface area contributed by atoms with Gasteiger partial charge in [-0.15, -0.1) is 0 Å². The lowest BCUT2D eigenvalue weighted by atomic mass is 10.1. The molecule has 2 saturated heterocycles. The molecule has 2 fully saturated rings. The molecule has 2 aliphatic heterocycles. The number of halogens is 1. The summed E-state index contributed by atoms with van der Waals surface area (Å²) in [4.78, 5) is 36.7. The van der Waals surface area contributed by atoms with Crippen molar-refractivity contribution in [3.05, 3.63) is 35.9 Å². The van der Waals surface area contributed by atoms with E-state index in [2.05, 4.69) is 21.2 Å². The Bertz CT molecular complexity index is 699. The van der Waals surface area contributed by atoms with Crippen LogP contribution in [0.15, 0.2) is 30.3 Å². The number of benzene rings is 1. The van der Waals surface area contributed by atoms with Crippen LogP contribution in [-0.4, -0.2) is 62.9 Å². The number of rotatable bonds is 5. The predicted octanol–water partition coefficient (Wildman–Crippen LogP) is 1.56. The van der Waals surface area contributed by atoms with Gasteiger partial charge in [0.2, 0.25) is 5.91 Å². The highest BCUT2D eigenvalue weighted by molar-refractivity contribution is 9.10. The van der Waals surface area contributed by atoms with Gasteiger partial charge in [-0.25, -0.2) is 9.80 Å². The largest absolute Gasteiger partial charge is 0.480 e. The maximum absolute atomic E-state index is 13.0. The Morgan fingerprint density at radius 2 is 1.85 bits per heavy atom. The van der Waals surface area contributed by atoms with E-state index in [1.54, 1.807) is 0 Å². The third-order valence-electron chi connectivity index (χ3n) is 5.07. The first kappa shape index (κ1) is 19.8. The van der Waals surface area contributed by atoms with Gasteiger partial charge in [0, 0.05) is 13.1 Å². The van der Waals surface area contributed by atoms with Crippen LogP contribution in [0.25, 0.3) is 0 Å². The molecular weight excluding hydrogens is 414 g/mol. The fourth-order valence-corrected chi connectivity index (χ4v) is 4.21. The molecule has 1 aromatic carbocycles. The first-order valence-corrected chi connectivity index (χ1v) is 10.2. The lowest BCUT2D eigenvalue weighted by Crippen LogP contribution is -2.61. The van der Waals surface area contributed by atoms with Crippen molar-refractivity contribution in [2.75, 3.05) is 13.1 Å². The first-order chi connectivity index (χ1) is 13.0. The van der Waals surface area contributed by atoms with Crippen molar-refractivity contribution in [3.63, 3.8) is 0 Å². The molecule has 0 bridgehead atoms. The third kappa shape index (κ3) is 4.68. The molecular formula is C19H24BrN3O4. The summed E-state index contributed by atoms with van der Waals surface area (Å²) in [5.74, 6) is -1.58. The second-order valence-corrected chi connectivity index (χ2v) is 8.10. The second kappa shape index (κ2) is 8.84. The number of carbonyl (C=O) groups excluding carboxylic acids is 2. The standard InChI is InChI=1S/C19H24BrN3O4/c20-14(12-13-6-2-1-3-7-13)17(24)21-15-8-4-10-22-11-5-9-16(19(26)27)23(22)18(15)25/h1-3,6-7,14-16H,4-5,8-12H2,(H,21,24)(H,26,27)/t14-,15?,16-/m1/s1. The van der Waals surface area contributed by atoms with Crippen LogP contribution in [0.1, 0.15) is 31.2 Å². The van der Waals surface area contributed by atoms with Crippen molar-refractivity contribution in [1.29, 1.82) is 0 Å². The van der Waals surface area contributed by atoms with Crippen LogP contribution in [0.3, 0.4) is 0 Å². The van der Waals surface area contributed by atoms with Gasteiger partial charge in [0.25, 0.3) is 5.91 Å². The van der Waals surface area contributed by atoms with E-state index in [9.17, 15) is 19.5 Å². The topological polar surface area (TPSA) is 89.9 Å². The van der Waals surface area contributed by atoms with Crippen LogP contribution in [0.5, 0.6) is 0 Å². The maximum Gasteiger partial charge on any atom is 0.328 e. The maximum atomic E-state index is 13.0. The van der Waals surface area contributed by atoms with Gasteiger partial charge < -0.3 is 10.4 Å². The molecule has 0 aromatic heterocycles. The van der Waals surface area contributed by atoms with Crippen molar-refractivity contribution < 1.29 is 19.5 Å². The number of hydrogen-bond acceptors (Lipinski definition) is 4. The molecule has 1 aromatic rings. The molecule has 0 spiro atoms. The van der Waals surface area contributed by atoms with Crippen LogP contribution >= 0.6 is 15.9 Å². The van der Waals surface area contributed by atoms with Gasteiger partial charge in [0.15, 0.2) is 0 Å². The summed E-state index contributed by atoms with van der Waals surface area (Å²) in [7, 11) is 0. The highest BCUT2D eigenvalue weighted by Crippen LogP contribution is 2.24. The molecule has 0 aliphatic carbocycles. The summed E-state index contributed by atoms with van der Waals surface area (Å²) >= 11 is 3.41. The van der Waals surface area contributed by atoms with Gasteiger partial charge in [0.05, 0.1) is 4.83 Å². The molecule has 2 heterocycles. The van der Waals surface area contributed by atoms with E-state index >= 15 is 0 Å². The lowest BCUT2D eigenvalue weighted by Gasteiger charge is -2.42. The molecule has 0 saturated carbocycles. The van der Waals surface area contributed by atoms with Crippen LogP contribution in [-0.2, 0) is 20.8 Å². The fourth-order valence-electron chi connectivity index (χ4n) is 3.71. The molecule has 3 rings (SSSR count). The molecule has 7 nitrogen and oxygen atoms in total. The fraction of sp³-hybridized carbons (Fsp3) is 0.526. The van der Waals surface area contributed by atoms with Crippen LogP contribution in [0.4, 0.5) is 0 Å². The number of hydrazine groups is 1.